The molecule has 3 aromatic rings. The summed E-state index contributed by atoms with van der Waals surface area (Å²) >= 11 is 1.33. The molecule has 3 rings (SSSR count). The predicted molar refractivity (Wildman–Crippen MR) is 123 cm³/mol. The second kappa shape index (κ2) is 10.7. The summed E-state index contributed by atoms with van der Waals surface area (Å²) in [7, 11) is 1.62. The maximum Gasteiger partial charge on any atom is 0.234 e. The number of aryl methyl sites for hydroxylation is 2. The average Bonchev–Trinajstić information content (AvgIpc) is 3.15. The predicted octanol–water partition coefficient (Wildman–Crippen LogP) is 4.40. The van der Waals surface area contributed by atoms with Crippen molar-refractivity contribution < 1.29 is 14.3 Å². The lowest BCUT2D eigenvalue weighted by Gasteiger charge is -2.10. The van der Waals surface area contributed by atoms with Crippen LogP contribution in [0.25, 0.3) is 0 Å². The molecule has 0 fully saturated rings. The Morgan fingerprint density at radius 1 is 1.13 bits per heavy atom. The van der Waals surface area contributed by atoms with Gasteiger partial charge < -0.3 is 14.8 Å². The summed E-state index contributed by atoms with van der Waals surface area (Å²) in [5, 5.41) is 12.0. The van der Waals surface area contributed by atoms with E-state index in [1.165, 1.54) is 17.3 Å². The normalized spacial score (nSPS) is 10.5. The zero-order valence-corrected chi connectivity index (χ0v) is 18.7. The molecule has 0 aliphatic carbocycles. The van der Waals surface area contributed by atoms with Crippen molar-refractivity contribution in [3.8, 4) is 11.5 Å². The summed E-state index contributed by atoms with van der Waals surface area (Å²) in [6.45, 7) is 8.64. The summed E-state index contributed by atoms with van der Waals surface area (Å²) in [5.41, 5.74) is 3.11. The lowest BCUT2D eigenvalue weighted by molar-refractivity contribution is -0.113. The third kappa shape index (κ3) is 6.11. The number of thioether (sulfide) groups is 1. The van der Waals surface area contributed by atoms with Gasteiger partial charge in [-0.25, -0.2) is 0 Å². The number of ether oxygens (including phenoxy) is 2. The molecule has 8 heteroatoms. The molecule has 0 atom stereocenters. The molecule has 0 aliphatic heterocycles. The van der Waals surface area contributed by atoms with Crippen molar-refractivity contribution in [2.45, 2.75) is 32.2 Å². The number of methoxy groups -OCH3 is 1. The molecule has 7 nitrogen and oxygen atoms in total. The molecular formula is C23H26N4O3S. The van der Waals surface area contributed by atoms with Crippen molar-refractivity contribution in [3.63, 3.8) is 0 Å². The molecule has 2 aromatic carbocycles. The molecule has 0 saturated carbocycles. The van der Waals surface area contributed by atoms with Crippen molar-refractivity contribution in [3.05, 3.63) is 72.1 Å². The van der Waals surface area contributed by atoms with Crippen molar-refractivity contribution in [2.24, 2.45) is 0 Å². The van der Waals surface area contributed by atoms with Gasteiger partial charge in [0, 0.05) is 12.2 Å². The van der Waals surface area contributed by atoms with Crippen LogP contribution in [0.4, 0.5) is 5.69 Å². The number of aromatic nitrogens is 3. The Labute approximate surface area is 186 Å². The minimum atomic E-state index is -0.0996. The van der Waals surface area contributed by atoms with Crippen LogP contribution in [0.1, 0.15) is 17.0 Å². The number of hydrogen-bond donors (Lipinski definition) is 1. The second-order valence-corrected chi connectivity index (χ2v) is 7.84. The van der Waals surface area contributed by atoms with Crippen LogP contribution in [-0.4, -0.2) is 33.5 Å². The smallest absolute Gasteiger partial charge is 0.234 e. The number of anilines is 1. The number of carbonyl (C=O) groups is 1. The van der Waals surface area contributed by atoms with Crippen LogP contribution >= 0.6 is 11.8 Å². The summed E-state index contributed by atoms with van der Waals surface area (Å²) in [6.07, 6.45) is 1.76. The molecule has 0 bridgehead atoms. The van der Waals surface area contributed by atoms with Crippen LogP contribution in [0.15, 0.2) is 60.3 Å². The van der Waals surface area contributed by atoms with Crippen molar-refractivity contribution >= 4 is 23.4 Å². The van der Waals surface area contributed by atoms with Crippen LogP contribution in [0.2, 0.25) is 0 Å². The number of nitrogens with zero attached hydrogens (tertiary/aromatic N) is 3. The second-order valence-electron chi connectivity index (χ2n) is 6.90. The SMILES string of the molecule is C=CCn1c(COc2ccc(OC)cc2)nnc1SCC(=O)Nc1ccc(C)c(C)c1. The maximum absolute atomic E-state index is 12.4. The fourth-order valence-corrected chi connectivity index (χ4v) is 3.58. The third-order valence-corrected chi connectivity index (χ3v) is 5.62. The minimum Gasteiger partial charge on any atom is -0.497 e. The van der Waals surface area contributed by atoms with Gasteiger partial charge >= 0.3 is 0 Å². The van der Waals surface area contributed by atoms with Gasteiger partial charge in [-0.05, 0) is 61.4 Å². The zero-order chi connectivity index (χ0) is 22.2. The van der Waals surface area contributed by atoms with E-state index in [-0.39, 0.29) is 18.3 Å². The molecular weight excluding hydrogens is 412 g/mol. The number of hydrogen-bond acceptors (Lipinski definition) is 6. The first-order chi connectivity index (χ1) is 15.0. The molecule has 1 heterocycles. The third-order valence-electron chi connectivity index (χ3n) is 4.66. The zero-order valence-electron chi connectivity index (χ0n) is 17.9. The van der Waals surface area contributed by atoms with E-state index in [1.54, 1.807) is 13.2 Å². The fourth-order valence-electron chi connectivity index (χ4n) is 2.81. The average molecular weight is 439 g/mol. The Balaban J connectivity index is 1.60. The van der Waals surface area contributed by atoms with E-state index in [2.05, 4.69) is 22.1 Å². The van der Waals surface area contributed by atoms with Crippen LogP contribution in [0.5, 0.6) is 11.5 Å². The van der Waals surface area contributed by atoms with Gasteiger partial charge in [0.1, 0.15) is 18.1 Å². The number of benzene rings is 2. The Hall–Kier alpha value is -3.26. The molecule has 0 unspecified atom stereocenters. The van der Waals surface area contributed by atoms with E-state index >= 15 is 0 Å². The van der Waals surface area contributed by atoms with Gasteiger partial charge in [-0.15, -0.1) is 16.8 Å². The molecule has 162 valence electrons. The monoisotopic (exact) mass is 438 g/mol. The highest BCUT2D eigenvalue weighted by molar-refractivity contribution is 7.99. The molecule has 0 saturated heterocycles. The molecule has 0 radical (unpaired) electrons. The first-order valence-electron chi connectivity index (χ1n) is 9.80. The molecule has 31 heavy (non-hydrogen) atoms. The lowest BCUT2D eigenvalue weighted by atomic mass is 10.1. The summed E-state index contributed by atoms with van der Waals surface area (Å²) in [5.74, 6) is 2.25. The quantitative estimate of drug-likeness (QED) is 0.373. The number of nitrogens with one attached hydrogen (secondary N) is 1. The maximum atomic E-state index is 12.4. The number of rotatable bonds is 10. The van der Waals surface area contributed by atoms with Crippen molar-refractivity contribution in [2.75, 3.05) is 18.2 Å². The highest BCUT2D eigenvalue weighted by Gasteiger charge is 2.14. The topological polar surface area (TPSA) is 78.3 Å². The summed E-state index contributed by atoms with van der Waals surface area (Å²) < 4.78 is 12.9. The van der Waals surface area contributed by atoms with Gasteiger partial charge in [0.25, 0.3) is 0 Å². The fraction of sp³-hybridized carbons (Fsp3) is 0.261. The van der Waals surface area contributed by atoms with E-state index in [1.807, 2.05) is 60.9 Å². The lowest BCUT2D eigenvalue weighted by Crippen LogP contribution is -2.15. The number of allylic oxidation sites excluding steroid dienone is 1. The molecule has 0 spiro atoms. The minimum absolute atomic E-state index is 0.0996. The van der Waals surface area contributed by atoms with Gasteiger partial charge in [0.05, 0.1) is 12.9 Å². The highest BCUT2D eigenvalue weighted by Crippen LogP contribution is 2.21. The van der Waals surface area contributed by atoms with Crippen LogP contribution < -0.4 is 14.8 Å². The van der Waals surface area contributed by atoms with Crippen LogP contribution in [0.3, 0.4) is 0 Å². The summed E-state index contributed by atoms with van der Waals surface area (Å²) in [6, 6.07) is 13.2. The van der Waals surface area contributed by atoms with E-state index in [4.69, 9.17) is 9.47 Å². The van der Waals surface area contributed by atoms with Gasteiger partial charge in [0.2, 0.25) is 5.91 Å². The van der Waals surface area contributed by atoms with Gasteiger partial charge in [-0.3, -0.25) is 9.36 Å². The van der Waals surface area contributed by atoms with Crippen molar-refractivity contribution in [1.29, 1.82) is 0 Å². The van der Waals surface area contributed by atoms with E-state index in [9.17, 15) is 4.79 Å². The van der Waals surface area contributed by atoms with Gasteiger partial charge in [0.15, 0.2) is 11.0 Å². The summed E-state index contributed by atoms with van der Waals surface area (Å²) in [4.78, 5) is 12.4. The first-order valence-corrected chi connectivity index (χ1v) is 10.8. The number of carbonyl (C=O) groups excluding carboxylic acids is 1. The Kier molecular flexibility index (Phi) is 7.72. The molecule has 1 N–H and O–H groups in total. The van der Waals surface area contributed by atoms with Gasteiger partial charge in [-0.2, -0.15) is 0 Å². The number of amides is 1. The Bertz CT molecular complexity index is 1050. The van der Waals surface area contributed by atoms with Crippen molar-refractivity contribution in [1.82, 2.24) is 14.8 Å². The van der Waals surface area contributed by atoms with E-state index < -0.39 is 0 Å². The Morgan fingerprint density at radius 3 is 2.55 bits per heavy atom. The highest BCUT2D eigenvalue weighted by atomic mass is 32.2. The van der Waals surface area contributed by atoms with Crippen LogP contribution in [-0.2, 0) is 17.9 Å². The molecule has 0 aliphatic rings. The Morgan fingerprint density at radius 2 is 1.87 bits per heavy atom. The largest absolute Gasteiger partial charge is 0.497 e. The van der Waals surface area contributed by atoms with E-state index in [0.29, 0.717) is 23.3 Å². The van der Waals surface area contributed by atoms with Crippen LogP contribution in [0, 0.1) is 13.8 Å². The first kappa shape index (κ1) is 22.4. The van der Waals surface area contributed by atoms with Gasteiger partial charge in [-0.1, -0.05) is 23.9 Å². The molecule has 1 amide bonds. The standard InChI is InChI=1S/C23H26N4O3S/c1-5-12-27-21(14-30-20-10-8-19(29-4)9-11-20)25-26-23(27)31-15-22(28)24-18-7-6-16(2)17(3)13-18/h5-11,13H,1,12,14-15H2,2-4H3,(H,24,28). The van der Waals surface area contributed by atoms with E-state index in [0.717, 1.165) is 17.0 Å². The molecule has 1 aromatic heterocycles.